The number of carbonyl (C=O) groups excluding carboxylic acids is 2. The van der Waals surface area contributed by atoms with E-state index in [1.54, 1.807) is 7.11 Å². The number of rotatable bonds is 35. The molecule has 3 aliphatic heterocycles. The summed E-state index contributed by atoms with van der Waals surface area (Å²) in [5.74, 6) is 1.02. The van der Waals surface area contributed by atoms with Crippen molar-refractivity contribution in [3.8, 4) is 11.5 Å². The van der Waals surface area contributed by atoms with E-state index in [9.17, 15) is 9.59 Å². The van der Waals surface area contributed by atoms with E-state index in [0.29, 0.717) is 45.8 Å². The minimum absolute atomic E-state index is 0.0135. The van der Waals surface area contributed by atoms with Crippen molar-refractivity contribution in [2.45, 2.75) is 237 Å². The Kier molecular flexibility index (Phi) is 24.4. The van der Waals surface area contributed by atoms with E-state index in [4.69, 9.17) is 28.4 Å². The van der Waals surface area contributed by atoms with Crippen LogP contribution in [0.5, 0.6) is 11.5 Å². The zero-order chi connectivity index (χ0) is 49.2. The number of nitrogens with zero attached hydrogens (tertiary/aromatic N) is 1. The molecule has 0 saturated carbocycles. The van der Waals surface area contributed by atoms with Crippen molar-refractivity contribution in [1.82, 2.24) is 10.2 Å². The van der Waals surface area contributed by atoms with E-state index in [1.165, 1.54) is 96.3 Å². The van der Waals surface area contributed by atoms with Crippen molar-refractivity contribution >= 4 is 11.8 Å². The summed E-state index contributed by atoms with van der Waals surface area (Å²) in [7, 11) is 1.70. The van der Waals surface area contributed by atoms with Crippen molar-refractivity contribution in [3.05, 3.63) is 95.1 Å². The van der Waals surface area contributed by atoms with E-state index < -0.39 is 11.8 Å². The number of nitrogens with one attached hydrogen (secondary N) is 1. The summed E-state index contributed by atoms with van der Waals surface area (Å²) in [5.41, 5.74) is 4.42. The van der Waals surface area contributed by atoms with Crippen LogP contribution < -0.4 is 14.8 Å². The molecule has 2 saturated heterocycles. The number of piperidine rings is 1. The van der Waals surface area contributed by atoms with Gasteiger partial charge in [0.15, 0.2) is 5.79 Å². The largest absolute Gasteiger partial charge is 0.489 e. The van der Waals surface area contributed by atoms with Crippen LogP contribution in [0.1, 0.15) is 210 Å². The number of benzene rings is 3. The molecule has 2 amide bonds. The van der Waals surface area contributed by atoms with Gasteiger partial charge in [-0.25, -0.2) is 0 Å². The van der Waals surface area contributed by atoms with E-state index in [2.05, 4.69) is 56.4 Å². The first-order valence-electron chi connectivity index (χ1n) is 27.8. The predicted octanol–water partition coefficient (Wildman–Crippen LogP) is 14.1. The molecule has 5 atom stereocenters. The molecule has 0 bridgehead atoms. The second-order valence-corrected chi connectivity index (χ2v) is 20.9. The zero-order valence-electron chi connectivity index (χ0n) is 43.7. The maximum absolute atomic E-state index is 13.9. The Morgan fingerprint density at radius 2 is 1.30 bits per heavy atom. The van der Waals surface area contributed by atoms with Crippen LogP contribution in [0.15, 0.2) is 72.8 Å². The monoisotopic (exact) mass is 967 g/mol. The number of carbonyl (C=O) groups is 2. The molecule has 0 spiro atoms. The smallest absolute Gasteiger partial charge is 0.245 e. The Morgan fingerprint density at radius 3 is 1.94 bits per heavy atom. The average Bonchev–Trinajstić information content (AvgIpc) is 3.67. The molecule has 6 rings (SSSR count). The summed E-state index contributed by atoms with van der Waals surface area (Å²) in [6.45, 7) is 8.22. The summed E-state index contributed by atoms with van der Waals surface area (Å²) >= 11 is 0. The van der Waals surface area contributed by atoms with Gasteiger partial charge in [0.2, 0.25) is 11.8 Å². The van der Waals surface area contributed by atoms with Crippen LogP contribution >= 0.6 is 0 Å². The van der Waals surface area contributed by atoms with Gasteiger partial charge in [-0.1, -0.05) is 177 Å². The quantitative estimate of drug-likeness (QED) is 0.0459. The first-order chi connectivity index (χ1) is 34.2. The van der Waals surface area contributed by atoms with Crippen molar-refractivity contribution in [3.63, 3.8) is 0 Å². The van der Waals surface area contributed by atoms with Crippen molar-refractivity contribution in [2.24, 2.45) is 0 Å². The van der Waals surface area contributed by atoms with E-state index in [0.717, 1.165) is 85.1 Å². The second-order valence-electron chi connectivity index (χ2n) is 20.9. The molecule has 10 nitrogen and oxygen atoms in total. The number of hydrogen-bond donors (Lipinski definition) is 1. The summed E-state index contributed by atoms with van der Waals surface area (Å²) < 4.78 is 37.0. The maximum Gasteiger partial charge on any atom is 0.245 e. The van der Waals surface area contributed by atoms with Crippen LogP contribution in [0, 0.1) is 0 Å². The third-order valence-electron chi connectivity index (χ3n) is 14.7. The van der Waals surface area contributed by atoms with Gasteiger partial charge in [-0.15, -0.1) is 0 Å². The summed E-state index contributed by atoms with van der Waals surface area (Å²) in [5, 5.41) is 3.11. The maximum atomic E-state index is 13.9. The Bertz CT molecular complexity index is 1930. The highest BCUT2D eigenvalue weighted by Gasteiger charge is 2.42. The standard InChI is InChI=1S/C60H90N2O8/c1-5-6-7-8-9-15-18-27-34-54-55(70-60(2,3)69-54)39-36-50(68-46-65-4)33-26-17-14-12-10-11-13-16-19-28-35-57(63)61-52-37-38-53-58-49(40-41-62(53)59(52)64)42-51(66-44-47-29-22-20-23-30-47)43-56(58)67-45-48-31-24-21-25-32-48/h20-25,29-32,42-43,50,52-55H,5-19,26-28,33-41,44-46H2,1-4H3,(H,61,63)/t50-,52-,53+,54-,55-/m0/s1. The summed E-state index contributed by atoms with van der Waals surface area (Å²) in [4.78, 5) is 29.0. The molecule has 0 radical (unpaired) electrons. The Hall–Kier alpha value is -3.96. The number of unbranched alkanes of at least 4 members (excludes halogenated alkanes) is 16. The second kappa shape index (κ2) is 30.8. The topological polar surface area (TPSA) is 105 Å². The molecular weight excluding hydrogens is 877 g/mol. The molecule has 2 fully saturated rings. The highest BCUT2D eigenvalue weighted by atomic mass is 16.8. The highest BCUT2D eigenvalue weighted by Crippen LogP contribution is 2.44. The summed E-state index contributed by atoms with van der Waals surface area (Å²) in [6, 6.07) is 23.9. The molecule has 388 valence electrons. The van der Waals surface area contributed by atoms with Crippen LogP contribution in [0.25, 0.3) is 0 Å². The van der Waals surface area contributed by atoms with E-state index in [-0.39, 0.29) is 36.2 Å². The van der Waals surface area contributed by atoms with Crippen LogP contribution in [-0.4, -0.2) is 67.3 Å². The molecule has 1 N–H and O–H groups in total. The normalized spacial score (nSPS) is 19.9. The van der Waals surface area contributed by atoms with Crippen LogP contribution in [0.4, 0.5) is 0 Å². The van der Waals surface area contributed by atoms with Crippen LogP contribution in [0.3, 0.4) is 0 Å². The molecule has 0 unspecified atom stereocenters. The lowest BCUT2D eigenvalue weighted by molar-refractivity contribution is -0.148. The molecule has 3 heterocycles. The van der Waals surface area contributed by atoms with Crippen LogP contribution in [-0.2, 0) is 48.2 Å². The molecule has 70 heavy (non-hydrogen) atoms. The Morgan fingerprint density at radius 1 is 0.714 bits per heavy atom. The van der Waals surface area contributed by atoms with Gasteiger partial charge in [0.25, 0.3) is 0 Å². The van der Waals surface area contributed by atoms with Gasteiger partial charge in [0, 0.05) is 31.7 Å². The Balaban J connectivity index is 0.823. The summed E-state index contributed by atoms with van der Waals surface area (Å²) in [6.07, 6.45) is 29.3. The fraction of sp³-hybridized carbons (Fsp3) is 0.667. The van der Waals surface area contributed by atoms with Gasteiger partial charge in [-0.2, -0.15) is 0 Å². The van der Waals surface area contributed by atoms with E-state index >= 15 is 0 Å². The van der Waals surface area contributed by atoms with E-state index in [1.807, 2.05) is 47.4 Å². The molecule has 0 aliphatic carbocycles. The van der Waals surface area contributed by atoms with Gasteiger partial charge in [-0.05, 0) is 88.0 Å². The van der Waals surface area contributed by atoms with Gasteiger partial charge < -0.3 is 38.6 Å². The van der Waals surface area contributed by atoms with Crippen molar-refractivity contribution in [2.75, 3.05) is 20.4 Å². The predicted molar refractivity (Wildman–Crippen MR) is 280 cm³/mol. The fourth-order valence-electron chi connectivity index (χ4n) is 10.9. The van der Waals surface area contributed by atoms with Crippen LogP contribution in [0.2, 0.25) is 0 Å². The molecule has 3 aromatic rings. The van der Waals surface area contributed by atoms with Gasteiger partial charge in [-0.3, -0.25) is 9.59 Å². The average molecular weight is 967 g/mol. The SMILES string of the molecule is CCCCCCCCCC[C@@H]1OC(C)(C)O[C@H]1CC[C@H](CCCCCCCCCCCCC(=O)N[C@H]1CC[C@@H]2c3c(cc(OCc4ccccc4)cc3OCc3ccccc3)CCN2C1=O)OCOC. The number of fused-ring (bicyclic) bond motifs is 3. The lowest BCUT2D eigenvalue weighted by atomic mass is 9.84. The van der Waals surface area contributed by atoms with Gasteiger partial charge in [0.05, 0.1) is 24.4 Å². The minimum Gasteiger partial charge on any atom is -0.489 e. The number of methoxy groups -OCH3 is 1. The zero-order valence-corrected chi connectivity index (χ0v) is 43.7. The lowest BCUT2D eigenvalue weighted by Gasteiger charge is -2.44. The molecule has 10 heteroatoms. The minimum atomic E-state index is -0.515. The number of hydrogen-bond acceptors (Lipinski definition) is 8. The molecule has 0 aromatic heterocycles. The molecular formula is C60H90N2O8. The molecule has 3 aliphatic rings. The van der Waals surface area contributed by atoms with Crippen molar-refractivity contribution < 1.29 is 38.0 Å². The molecule has 3 aromatic carbocycles. The first-order valence-corrected chi connectivity index (χ1v) is 27.8. The number of ether oxygens (including phenoxy) is 6. The highest BCUT2D eigenvalue weighted by molar-refractivity contribution is 5.89. The fourth-order valence-corrected chi connectivity index (χ4v) is 10.9. The van der Waals surface area contributed by atoms with Crippen molar-refractivity contribution in [1.29, 1.82) is 0 Å². The van der Waals surface area contributed by atoms with Gasteiger partial charge in [0.1, 0.15) is 37.5 Å². The number of amides is 2. The van der Waals surface area contributed by atoms with Gasteiger partial charge >= 0.3 is 0 Å². The lowest BCUT2D eigenvalue weighted by Crippen LogP contribution is -2.55. The third-order valence-corrected chi connectivity index (χ3v) is 14.7. The third kappa shape index (κ3) is 18.9. The Labute approximate surface area is 422 Å². The first kappa shape index (κ1) is 55.4.